The minimum absolute atomic E-state index is 0.231. The quantitative estimate of drug-likeness (QED) is 0.825. The average molecular weight is 259 g/mol. The normalized spacial score (nSPS) is 10.4. The molecular formula is C14H17N3O2. The van der Waals surface area contributed by atoms with Gasteiger partial charge in [0.15, 0.2) is 5.75 Å². The lowest BCUT2D eigenvalue weighted by atomic mass is 10.1. The second-order valence-corrected chi connectivity index (χ2v) is 4.21. The van der Waals surface area contributed by atoms with E-state index in [9.17, 15) is 4.79 Å². The van der Waals surface area contributed by atoms with Crippen molar-refractivity contribution in [2.45, 2.75) is 26.7 Å². The monoisotopic (exact) mass is 259 g/mol. The van der Waals surface area contributed by atoms with Crippen molar-refractivity contribution in [2.75, 3.05) is 5.73 Å². The average Bonchev–Trinajstić information content (AvgIpc) is 2.40. The molecule has 5 heteroatoms. The van der Waals surface area contributed by atoms with Gasteiger partial charge >= 0.3 is 0 Å². The van der Waals surface area contributed by atoms with Gasteiger partial charge in [-0.15, -0.1) is 0 Å². The van der Waals surface area contributed by atoms with E-state index in [1.807, 2.05) is 19.1 Å². The summed E-state index contributed by atoms with van der Waals surface area (Å²) in [6.45, 7) is 3.97. The smallest absolute Gasteiger partial charge is 0.254 e. The molecule has 2 rings (SSSR count). The number of H-pyrrole nitrogens is 1. The Morgan fingerprint density at radius 3 is 2.68 bits per heavy atom. The number of anilines is 1. The molecule has 19 heavy (non-hydrogen) atoms. The zero-order valence-electron chi connectivity index (χ0n) is 11.1. The highest BCUT2D eigenvalue weighted by molar-refractivity contribution is 5.55. The Bertz CT molecular complexity index is 635. The van der Waals surface area contributed by atoms with E-state index < -0.39 is 0 Å². The highest BCUT2D eigenvalue weighted by Crippen LogP contribution is 2.26. The summed E-state index contributed by atoms with van der Waals surface area (Å²) in [5, 5.41) is 0. The summed E-state index contributed by atoms with van der Waals surface area (Å²) in [7, 11) is 0. The van der Waals surface area contributed by atoms with Gasteiger partial charge in [-0.05, 0) is 24.1 Å². The maximum Gasteiger partial charge on any atom is 0.254 e. The van der Waals surface area contributed by atoms with Gasteiger partial charge in [0.2, 0.25) is 5.88 Å². The Morgan fingerprint density at radius 1 is 1.26 bits per heavy atom. The number of ether oxygens (including phenoxy) is 1. The molecule has 3 N–H and O–H groups in total. The summed E-state index contributed by atoms with van der Waals surface area (Å²) < 4.78 is 5.58. The van der Waals surface area contributed by atoms with Gasteiger partial charge in [-0.2, -0.15) is 4.98 Å². The third kappa shape index (κ3) is 3.13. The van der Waals surface area contributed by atoms with Crippen LogP contribution >= 0.6 is 0 Å². The molecular weight excluding hydrogens is 242 g/mol. The van der Waals surface area contributed by atoms with E-state index in [0.29, 0.717) is 23.7 Å². The van der Waals surface area contributed by atoms with Crippen LogP contribution < -0.4 is 16.0 Å². The molecule has 0 fully saturated rings. The van der Waals surface area contributed by atoms with Crippen LogP contribution in [0.3, 0.4) is 0 Å². The number of nitrogens with one attached hydrogen (secondary N) is 1. The lowest BCUT2D eigenvalue weighted by molar-refractivity contribution is 0.459. The predicted octanol–water partition coefficient (Wildman–Crippen LogP) is 2.27. The number of aromatic nitrogens is 2. The zero-order valence-corrected chi connectivity index (χ0v) is 11.1. The van der Waals surface area contributed by atoms with Crippen LogP contribution in [-0.2, 0) is 12.8 Å². The van der Waals surface area contributed by atoms with Crippen LogP contribution in [0.15, 0.2) is 29.1 Å². The van der Waals surface area contributed by atoms with Gasteiger partial charge in [0, 0.05) is 6.42 Å². The molecule has 1 aromatic carbocycles. The molecule has 0 aliphatic heterocycles. The molecule has 0 amide bonds. The van der Waals surface area contributed by atoms with Crippen molar-refractivity contribution >= 4 is 5.69 Å². The fraction of sp³-hybridized carbons (Fsp3) is 0.286. The van der Waals surface area contributed by atoms with Crippen molar-refractivity contribution in [1.29, 1.82) is 0 Å². The Kier molecular flexibility index (Phi) is 3.85. The first-order valence-corrected chi connectivity index (χ1v) is 6.28. The topological polar surface area (TPSA) is 81.0 Å². The number of rotatable bonds is 4. The van der Waals surface area contributed by atoms with Crippen LogP contribution in [0.4, 0.5) is 5.69 Å². The van der Waals surface area contributed by atoms with E-state index in [0.717, 1.165) is 12.0 Å². The van der Waals surface area contributed by atoms with E-state index >= 15 is 0 Å². The number of hydrogen-bond acceptors (Lipinski definition) is 4. The molecule has 0 saturated carbocycles. The van der Waals surface area contributed by atoms with E-state index in [4.69, 9.17) is 10.5 Å². The highest BCUT2D eigenvalue weighted by Gasteiger charge is 2.06. The number of aryl methyl sites for hydroxylation is 2. The van der Waals surface area contributed by atoms with E-state index in [2.05, 4.69) is 16.9 Å². The van der Waals surface area contributed by atoms with Crippen molar-refractivity contribution in [3.63, 3.8) is 0 Å². The molecule has 2 aromatic rings. The Balaban J connectivity index is 2.30. The van der Waals surface area contributed by atoms with Crippen LogP contribution in [0.5, 0.6) is 11.6 Å². The maximum atomic E-state index is 11.4. The fourth-order valence-electron chi connectivity index (χ4n) is 1.73. The molecule has 0 aliphatic rings. The van der Waals surface area contributed by atoms with Gasteiger partial charge in [0.05, 0.1) is 11.8 Å². The molecule has 0 aliphatic carbocycles. The number of benzene rings is 1. The number of nitrogens with zero attached hydrogens (tertiary/aromatic N) is 1. The SMILES string of the molecule is CCc1ccc(Oc2cc(=O)[nH]c(CC)n2)c(N)c1. The third-order valence-corrected chi connectivity index (χ3v) is 2.80. The second-order valence-electron chi connectivity index (χ2n) is 4.21. The summed E-state index contributed by atoms with van der Waals surface area (Å²) in [5.74, 6) is 1.36. The number of aromatic amines is 1. The molecule has 5 nitrogen and oxygen atoms in total. The molecule has 0 spiro atoms. The fourth-order valence-corrected chi connectivity index (χ4v) is 1.73. The van der Waals surface area contributed by atoms with Gasteiger partial charge in [-0.25, -0.2) is 0 Å². The molecule has 1 heterocycles. The van der Waals surface area contributed by atoms with Crippen molar-refractivity contribution in [3.8, 4) is 11.6 Å². The maximum absolute atomic E-state index is 11.4. The molecule has 1 aromatic heterocycles. The van der Waals surface area contributed by atoms with E-state index in [1.165, 1.54) is 6.07 Å². The first kappa shape index (κ1) is 13.1. The van der Waals surface area contributed by atoms with E-state index in [1.54, 1.807) is 6.07 Å². The lowest BCUT2D eigenvalue weighted by Crippen LogP contribution is -2.10. The summed E-state index contributed by atoms with van der Waals surface area (Å²) in [6.07, 6.45) is 1.55. The van der Waals surface area contributed by atoms with Gasteiger partial charge < -0.3 is 15.5 Å². The summed E-state index contributed by atoms with van der Waals surface area (Å²) >= 11 is 0. The molecule has 0 atom stereocenters. The number of nitrogen functional groups attached to an aromatic ring is 1. The largest absolute Gasteiger partial charge is 0.437 e. The number of nitrogens with two attached hydrogens (primary N) is 1. The van der Waals surface area contributed by atoms with Gasteiger partial charge in [0.1, 0.15) is 5.82 Å². The predicted molar refractivity (Wildman–Crippen MR) is 74.5 cm³/mol. The van der Waals surface area contributed by atoms with Crippen molar-refractivity contribution in [2.24, 2.45) is 0 Å². The molecule has 0 saturated heterocycles. The zero-order chi connectivity index (χ0) is 13.8. The second kappa shape index (κ2) is 5.56. The van der Waals surface area contributed by atoms with Gasteiger partial charge in [-0.1, -0.05) is 19.9 Å². The van der Waals surface area contributed by atoms with Crippen LogP contribution in [0.2, 0.25) is 0 Å². The Labute approximate surface area is 111 Å². The minimum Gasteiger partial charge on any atom is -0.437 e. The number of hydrogen-bond donors (Lipinski definition) is 2. The summed E-state index contributed by atoms with van der Waals surface area (Å²) in [6, 6.07) is 6.91. The molecule has 100 valence electrons. The van der Waals surface area contributed by atoms with Crippen LogP contribution in [0, 0.1) is 0 Å². The molecule has 0 bridgehead atoms. The minimum atomic E-state index is -0.231. The standard InChI is InChI=1S/C14H17N3O2/c1-3-9-5-6-11(10(15)7-9)19-14-8-13(18)16-12(4-2)17-14/h5-8H,3-4,15H2,1-2H3,(H,16,17,18). The van der Waals surface area contributed by atoms with Crippen LogP contribution in [0.1, 0.15) is 25.2 Å². The van der Waals surface area contributed by atoms with Gasteiger partial charge in [0.25, 0.3) is 5.56 Å². The Hall–Kier alpha value is -2.30. The molecule has 0 radical (unpaired) electrons. The van der Waals surface area contributed by atoms with Crippen LogP contribution in [-0.4, -0.2) is 9.97 Å². The lowest BCUT2D eigenvalue weighted by Gasteiger charge is -2.09. The van der Waals surface area contributed by atoms with Crippen molar-refractivity contribution < 1.29 is 4.74 Å². The van der Waals surface area contributed by atoms with Crippen LogP contribution in [0.25, 0.3) is 0 Å². The van der Waals surface area contributed by atoms with Crippen molar-refractivity contribution in [3.05, 3.63) is 46.0 Å². The van der Waals surface area contributed by atoms with Gasteiger partial charge in [-0.3, -0.25) is 4.79 Å². The highest BCUT2D eigenvalue weighted by atomic mass is 16.5. The summed E-state index contributed by atoms with van der Waals surface area (Å²) in [4.78, 5) is 18.3. The first-order chi connectivity index (χ1) is 9.12. The Morgan fingerprint density at radius 2 is 2.05 bits per heavy atom. The third-order valence-electron chi connectivity index (χ3n) is 2.80. The van der Waals surface area contributed by atoms with E-state index in [-0.39, 0.29) is 11.4 Å². The first-order valence-electron chi connectivity index (χ1n) is 6.28. The van der Waals surface area contributed by atoms with Crippen molar-refractivity contribution in [1.82, 2.24) is 9.97 Å². The summed E-state index contributed by atoms with van der Waals surface area (Å²) in [5.41, 5.74) is 7.36. The molecule has 0 unspecified atom stereocenters.